The van der Waals surface area contributed by atoms with Crippen LogP contribution >= 0.6 is 0 Å². The van der Waals surface area contributed by atoms with Gasteiger partial charge in [0.25, 0.3) is 5.56 Å². The highest BCUT2D eigenvalue weighted by Gasteiger charge is 2.08. The van der Waals surface area contributed by atoms with Crippen molar-refractivity contribution in [3.05, 3.63) is 52.4 Å². The summed E-state index contributed by atoms with van der Waals surface area (Å²) in [6, 6.07) is 9.59. The van der Waals surface area contributed by atoms with Crippen LogP contribution in [0.3, 0.4) is 0 Å². The molecule has 0 saturated heterocycles. The van der Waals surface area contributed by atoms with Crippen molar-refractivity contribution in [3.63, 3.8) is 0 Å². The van der Waals surface area contributed by atoms with Crippen molar-refractivity contribution < 1.29 is 0 Å². The van der Waals surface area contributed by atoms with Crippen LogP contribution in [0, 0.1) is 6.92 Å². The van der Waals surface area contributed by atoms with Gasteiger partial charge in [0.2, 0.25) is 0 Å². The van der Waals surface area contributed by atoms with Crippen molar-refractivity contribution in [2.45, 2.75) is 6.92 Å². The highest BCUT2D eigenvalue weighted by Crippen LogP contribution is 2.16. The predicted molar refractivity (Wildman–Crippen MR) is 66.9 cm³/mol. The van der Waals surface area contributed by atoms with E-state index < -0.39 is 0 Å². The topological polar surface area (TPSA) is 61.5 Å². The lowest BCUT2D eigenvalue weighted by molar-refractivity contribution is 1.16. The molecule has 0 aliphatic rings. The maximum atomic E-state index is 11.9. The molecule has 84 valence electrons. The minimum absolute atomic E-state index is 0.104. The van der Waals surface area contributed by atoms with Gasteiger partial charge in [-0.15, -0.1) is 0 Å². The SMILES string of the molecule is Cc1c[nH]c2nc(-c3ccccc3)[nH]c(=O)c12. The van der Waals surface area contributed by atoms with Crippen molar-refractivity contribution in [3.8, 4) is 11.4 Å². The molecule has 17 heavy (non-hydrogen) atoms. The van der Waals surface area contributed by atoms with Crippen LogP contribution in [0.25, 0.3) is 22.4 Å². The van der Waals surface area contributed by atoms with Crippen molar-refractivity contribution in [2.75, 3.05) is 0 Å². The molecule has 0 atom stereocenters. The zero-order valence-electron chi connectivity index (χ0n) is 9.32. The first-order valence-electron chi connectivity index (χ1n) is 5.39. The van der Waals surface area contributed by atoms with E-state index in [1.54, 1.807) is 6.20 Å². The summed E-state index contributed by atoms with van der Waals surface area (Å²) in [6.07, 6.45) is 1.79. The molecule has 0 unspecified atom stereocenters. The van der Waals surface area contributed by atoms with Crippen LogP contribution in [-0.2, 0) is 0 Å². The minimum atomic E-state index is -0.104. The fraction of sp³-hybridized carbons (Fsp3) is 0.0769. The second-order valence-electron chi connectivity index (χ2n) is 3.98. The maximum absolute atomic E-state index is 11.9. The van der Waals surface area contributed by atoms with Gasteiger partial charge in [0.05, 0.1) is 5.39 Å². The monoisotopic (exact) mass is 225 g/mol. The van der Waals surface area contributed by atoms with Crippen LogP contribution in [0.1, 0.15) is 5.56 Å². The molecule has 0 saturated carbocycles. The van der Waals surface area contributed by atoms with Crippen LogP contribution in [0.15, 0.2) is 41.3 Å². The number of H-pyrrole nitrogens is 2. The minimum Gasteiger partial charge on any atom is -0.346 e. The second kappa shape index (κ2) is 3.59. The molecule has 4 nitrogen and oxygen atoms in total. The molecule has 2 heterocycles. The second-order valence-corrected chi connectivity index (χ2v) is 3.98. The Balaban J connectivity index is 2.30. The van der Waals surface area contributed by atoms with Crippen LogP contribution in [0.2, 0.25) is 0 Å². The number of fused-ring (bicyclic) bond motifs is 1. The van der Waals surface area contributed by atoms with E-state index in [-0.39, 0.29) is 5.56 Å². The van der Waals surface area contributed by atoms with Crippen molar-refractivity contribution >= 4 is 11.0 Å². The summed E-state index contributed by atoms with van der Waals surface area (Å²) in [4.78, 5) is 22.2. The fourth-order valence-electron chi connectivity index (χ4n) is 1.93. The van der Waals surface area contributed by atoms with E-state index in [1.165, 1.54) is 0 Å². The lowest BCUT2D eigenvalue weighted by atomic mass is 10.2. The Bertz CT molecular complexity index is 725. The molecule has 3 rings (SSSR count). The van der Waals surface area contributed by atoms with Crippen LogP contribution in [-0.4, -0.2) is 15.0 Å². The Labute approximate surface area is 97.3 Å². The third-order valence-electron chi connectivity index (χ3n) is 2.79. The van der Waals surface area contributed by atoms with E-state index in [9.17, 15) is 4.79 Å². The van der Waals surface area contributed by atoms with Gasteiger partial charge >= 0.3 is 0 Å². The number of nitrogens with one attached hydrogen (secondary N) is 2. The first-order chi connectivity index (χ1) is 8.25. The molecular weight excluding hydrogens is 214 g/mol. The molecular formula is C13H11N3O. The summed E-state index contributed by atoms with van der Waals surface area (Å²) in [5.41, 5.74) is 2.34. The van der Waals surface area contributed by atoms with Crippen molar-refractivity contribution in [1.82, 2.24) is 15.0 Å². The van der Waals surface area contributed by atoms with E-state index >= 15 is 0 Å². The molecule has 4 heteroatoms. The Kier molecular flexibility index (Phi) is 2.08. The van der Waals surface area contributed by atoms with Gasteiger partial charge in [-0.05, 0) is 12.5 Å². The van der Waals surface area contributed by atoms with E-state index in [4.69, 9.17) is 0 Å². The van der Waals surface area contributed by atoms with Gasteiger partial charge in [0, 0.05) is 11.8 Å². The van der Waals surface area contributed by atoms with E-state index in [1.807, 2.05) is 37.3 Å². The normalized spacial score (nSPS) is 10.9. The molecule has 0 bridgehead atoms. The van der Waals surface area contributed by atoms with Gasteiger partial charge in [-0.3, -0.25) is 4.79 Å². The lowest BCUT2D eigenvalue weighted by Gasteiger charge is -2.00. The smallest absolute Gasteiger partial charge is 0.260 e. The first-order valence-corrected chi connectivity index (χ1v) is 5.39. The number of aromatic nitrogens is 3. The number of rotatable bonds is 1. The van der Waals surface area contributed by atoms with Gasteiger partial charge in [0.15, 0.2) is 0 Å². The van der Waals surface area contributed by atoms with Crippen LogP contribution in [0.4, 0.5) is 0 Å². The summed E-state index contributed by atoms with van der Waals surface area (Å²) in [6.45, 7) is 1.89. The molecule has 0 amide bonds. The average molecular weight is 225 g/mol. The summed E-state index contributed by atoms with van der Waals surface area (Å²) >= 11 is 0. The van der Waals surface area contributed by atoms with Gasteiger partial charge in [0.1, 0.15) is 11.5 Å². The average Bonchev–Trinajstić information content (AvgIpc) is 2.73. The predicted octanol–water partition coefficient (Wildman–Crippen LogP) is 2.23. The van der Waals surface area contributed by atoms with Gasteiger partial charge < -0.3 is 9.97 Å². The zero-order chi connectivity index (χ0) is 11.8. The van der Waals surface area contributed by atoms with Gasteiger partial charge in [-0.1, -0.05) is 30.3 Å². The van der Waals surface area contributed by atoms with Crippen LogP contribution < -0.4 is 5.56 Å². The quantitative estimate of drug-likeness (QED) is 0.667. The third-order valence-corrected chi connectivity index (χ3v) is 2.79. The maximum Gasteiger partial charge on any atom is 0.260 e. The Morgan fingerprint density at radius 1 is 1.18 bits per heavy atom. The molecule has 0 aliphatic carbocycles. The molecule has 0 radical (unpaired) electrons. The van der Waals surface area contributed by atoms with Crippen LogP contribution in [0.5, 0.6) is 0 Å². The molecule has 2 N–H and O–H groups in total. The lowest BCUT2D eigenvalue weighted by Crippen LogP contribution is -2.09. The summed E-state index contributed by atoms with van der Waals surface area (Å²) in [5, 5.41) is 0.629. The highest BCUT2D eigenvalue weighted by atomic mass is 16.1. The number of aromatic amines is 2. The first kappa shape index (κ1) is 9.84. The number of aryl methyl sites for hydroxylation is 1. The molecule has 0 aliphatic heterocycles. The van der Waals surface area contributed by atoms with Gasteiger partial charge in [-0.25, -0.2) is 4.98 Å². The standard InChI is InChI=1S/C13H11N3O/c1-8-7-14-12-10(8)13(17)16-11(15-12)9-5-3-2-4-6-9/h2-7H,1H3,(H2,14,15,16,17). The summed E-state index contributed by atoms with van der Waals surface area (Å²) < 4.78 is 0. The number of nitrogens with zero attached hydrogens (tertiary/aromatic N) is 1. The molecule has 2 aromatic heterocycles. The Morgan fingerprint density at radius 2 is 1.94 bits per heavy atom. The van der Waals surface area contributed by atoms with E-state index in [2.05, 4.69) is 15.0 Å². The van der Waals surface area contributed by atoms with Crippen molar-refractivity contribution in [1.29, 1.82) is 0 Å². The van der Waals surface area contributed by atoms with E-state index in [0.717, 1.165) is 11.1 Å². The Hall–Kier alpha value is -2.36. The summed E-state index contributed by atoms with van der Waals surface area (Å²) in [7, 11) is 0. The Morgan fingerprint density at radius 3 is 2.71 bits per heavy atom. The molecule has 3 aromatic rings. The number of benzene rings is 1. The van der Waals surface area contributed by atoms with Crippen molar-refractivity contribution in [2.24, 2.45) is 0 Å². The third kappa shape index (κ3) is 1.54. The number of hydrogen-bond acceptors (Lipinski definition) is 2. The highest BCUT2D eigenvalue weighted by molar-refractivity contribution is 5.80. The molecule has 0 spiro atoms. The zero-order valence-corrected chi connectivity index (χ0v) is 9.32. The van der Waals surface area contributed by atoms with E-state index in [0.29, 0.717) is 16.9 Å². The fourth-order valence-corrected chi connectivity index (χ4v) is 1.93. The largest absolute Gasteiger partial charge is 0.346 e. The number of hydrogen-bond donors (Lipinski definition) is 2. The summed E-state index contributed by atoms with van der Waals surface area (Å²) in [5.74, 6) is 0.588. The molecule has 0 fully saturated rings. The van der Waals surface area contributed by atoms with Gasteiger partial charge in [-0.2, -0.15) is 0 Å². The molecule has 1 aromatic carbocycles.